The monoisotopic (exact) mass is 672 g/mol. The zero-order valence-corrected chi connectivity index (χ0v) is 28.8. The van der Waals surface area contributed by atoms with Gasteiger partial charge in [-0.1, -0.05) is 127 Å². The fraction of sp³-hybridized carbons (Fsp3) is 0.0417. The third kappa shape index (κ3) is 5.80. The van der Waals surface area contributed by atoms with Crippen molar-refractivity contribution in [3.63, 3.8) is 0 Å². The van der Waals surface area contributed by atoms with E-state index in [4.69, 9.17) is 8.83 Å². The maximum atomic E-state index is 6.76. The van der Waals surface area contributed by atoms with E-state index in [0.29, 0.717) is 6.54 Å². The van der Waals surface area contributed by atoms with E-state index in [2.05, 4.69) is 169 Å². The summed E-state index contributed by atoms with van der Waals surface area (Å²) in [6.45, 7) is 2.71. The highest BCUT2D eigenvalue weighted by Gasteiger charge is 2.24. The third-order valence-electron chi connectivity index (χ3n) is 9.77. The van der Waals surface area contributed by atoms with Gasteiger partial charge in [0.25, 0.3) is 0 Å². The largest absolute Gasteiger partial charge is 0.456 e. The van der Waals surface area contributed by atoms with E-state index in [9.17, 15) is 0 Å². The summed E-state index contributed by atoms with van der Waals surface area (Å²) < 4.78 is 13.0. The third-order valence-corrected chi connectivity index (χ3v) is 9.77. The lowest BCUT2D eigenvalue weighted by Gasteiger charge is -2.28. The second-order valence-corrected chi connectivity index (χ2v) is 13.0. The van der Waals surface area contributed by atoms with Crippen LogP contribution in [0.15, 0.2) is 191 Å². The van der Waals surface area contributed by atoms with Gasteiger partial charge in [-0.25, -0.2) is 0 Å². The van der Waals surface area contributed by atoms with Gasteiger partial charge < -0.3 is 19.1 Å². The normalized spacial score (nSPS) is 11.8. The molecule has 0 atom stereocenters. The maximum absolute atomic E-state index is 6.76. The Morgan fingerprint density at radius 3 is 1.85 bits per heavy atom. The molecule has 7 aromatic carbocycles. The summed E-state index contributed by atoms with van der Waals surface area (Å²) in [5.41, 5.74) is 12.4. The molecule has 250 valence electrons. The molecule has 0 saturated carbocycles. The minimum Gasteiger partial charge on any atom is -0.456 e. The van der Waals surface area contributed by atoms with E-state index in [1.165, 1.54) is 11.1 Å². The molecule has 4 nitrogen and oxygen atoms in total. The molecule has 0 aliphatic carbocycles. The number of para-hydroxylation sites is 3. The van der Waals surface area contributed by atoms with Gasteiger partial charge in [-0.2, -0.15) is 0 Å². The Bertz CT molecular complexity index is 2690. The number of hydrogen-bond donors (Lipinski definition) is 1. The van der Waals surface area contributed by atoms with Crippen LogP contribution in [0.2, 0.25) is 0 Å². The van der Waals surface area contributed by atoms with Gasteiger partial charge in [0.1, 0.15) is 16.7 Å². The second-order valence-electron chi connectivity index (χ2n) is 13.0. The predicted molar refractivity (Wildman–Crippen MR) is 217 cm³/mol. The molecule has 0 amide bonds. The van der Waals surface area contributed by atoms with Crippen molar-refractivity contribution in [1.82, 2.24) is 0 Å². The number of hydrogen-bond acceptors (Lipinski definition) is 4. The number of fused-ring (bicyclic) bond motifs is 4. The maximum Gasteiger partial charge on any atom is 0.154 e. The van der Waals surface area contributed by atoms with Gasteiger partial charge in [-0.15, -0.1) is 0 Å². The number of furan rings is 2. The van der Waals surface area contributed by atoms with Crippen molar-refractivity contribution in [1.29, 1.82) is 0 Å². The number of aryl methyl sites for hydroxylation is 1. The van der Waals surface area contributed by atoms with Gasteiger partial charge in [0.15, 0.2) is 5.76 Å². The first-order valence-electron chi connectivity index (χ1n) is 17.7. The van der Waals surface area contributed by atoms with Crippen LogP contribution in [0.25, 0.3) is 60.9 Å². The van der Waals surface area contributed by atoms with Crippen LogP contribution in [0, 0.1) is 6.92 Å². The molecule has 4 heteroatoms. The molecule has 52 heavy (non-hydrogen) atoms. The number of rotatable bonds is 9. The molecule has 0 aliphatic rings. The standard InChI is InChI=1S/C48H36N2O2/c1-33-39-18-9-12-22-45(39)52-48(33)44(30-31-49-43-21-11-8-19-40(43)36-16-6-3-7-17-36)50(37-26-24-35(25-27-37)34-14-4-2-5-15-34)38-28-29-47-42(32-38)41-20-10-13-23-46(41)51-47/h2-30,32,49H,31H2,1H3/b44-30+. The van der Waals surface area contributed by atoms with Crippen LogP contribution in [0.3, 0.4) is 0 Å². The highest BCUT2D eigenvalue weighted by Crippen LogP contribution is 2.42. The molecule has 9 aromatic rings. The van der Waals surface area contributed by atoms with Gasteiger partial charge in [0.05, 0.1) is 5.70 Å². The molecule has 0 radical (unpaired) electrons. The van der Waals surface area contributed by atoms with Gasteiger partial charge in [0.2, 0.25) is 0 Å². The zero-order valence-electron chi connectivity index (χ0n) is 28.8. The Balaban J connectivity index is 1.22. The van der Waals surface area contributed by atoms with Gasteiger partial charge >= 0.3 is 0 Å². The lowest BCUT2D eigenvalue weighted by Crippen LogP contribution is -2.17. The lowest BCUT2D eigenvalue weighted by molar-refractivity contribution is 0.594. The summed E-state index contributed by atoms with van der Waals surface area (Å²) in [7, 11) is 0. The van der Waals surface area contributed by atoms with Crippen molar-refractivity contribution in [2.45, 2.75) is 6.92 Å². The molecule has 2 aromatic heterocycles. The highest BCUT2D eigenvalue weighted by molar-refractivity contribution is 6.07. The van der Waals surface area contributed by atoms with Gasteiger partial charge in [0, 0.05) is 50.9 Å². The van der Waals surface area contributed by atoms with Crippen molar-refractivity contribution in [2.24, 2.45) is 0 Å². The molecule has 0 bridgehead atoms. The van der Waals surface area contributed by atoms with Gasteiger partial charge in [-0.3, -0.25) is 0 Å². The summed E-state index contributed by atoms with van der Waals surface area (Å²) in [6.07, 6.45) is 2.25. The summed E-state index contributed by atoms with van der Waals surface area (Å²) >= 11 is 0. The average molecular weight is 673 g/mol. The molecule has 0 fully saturated rings. The molecule has 0 aliphatic heterocycles. The van der Waals surface area contributed by atoms with Crippen LogP contribution in [0.4, 0.5) is 17.1 Å². The molecular weight excluding hydrogens is 637 g/mol. The van der Waals surface area contributed by atoms with E-state index in [0.717, 1.165) is 78.1 Å². The minimum atomic E-state index is 0.561. The molecule has 1 N–H and O–H groups in total. The number of benzene rings is 7. The Morgan fingerprint density at radius 2 is 1.10 bits per heavy atom. The summed E-state index contributed by atoms with van der Waals surface area (Å²) in [5.74, 6) is 0.823. The molecule has 0 spiro atoms. The zero-order chi connectivity index (χ0) is 34.9. The van der Waals surface area contributed by atoms with Crippen LogP contribution < -0.4 is 10.2 Å². The van der Waals surface area contributed by atoms with Crippen molar-refractivity contribution < 1.29 is 8.83 Å². The first kappa shape index (κ1) is 31.2. The minimum absolute atomic E-state index is 0.561. The van der Waals surface area contributed by atoms with Crippen molar-refractivity contribution in [3.05, 3.63) is 193 Å². The van der Waals surface area contributed by atoms with E-state index in [1.807, 2.05) is 30.3 Å². The summed E-state index contributed by atoms with van der Waals surface area (Å²) in [5, 5.41) is 6.99. The van der Waals surface area contributed by atoms with Crippen molar-refractivity contribution in [3.8, 4) is 22.3 Å². The summed E-state index contributed by atoms with van der Waals surface area (Å²) in [4.78, 5) is 2.31. The van der Waals surface area contributed by atoms with Crippen LogP contribution in [-0.2, 0) is 0 Å². The quantitative estimate of drug-likeness (QED) is 0.166. The Morgan fingerprint density at radius 1 is 0.519 bits per heavy atom. The van der Waals surface area contributed by atoms with E-state index in [-0.39, 0.29) is 0 Å². The molecule has 0 saturated heterocycles. The van der Waals surface area contributed by atoms with Crippen LogP contribution >= 0.6 is 0 Å². The second kappa shape index (κ2) is 13.5. The van der Waals surface area contributed by atoms with Crippen molar-refractivity contribution in [2.75, 3.05) is 16.8 Å². The Kier molecular flexibility index (Phi) is 8.11. The van der Waals surface area contributed by atoms with Crippen LogP contribution in [0.1, 0.15) is 11.3 Å². The topological polar surface area (TPSA) is 41.5 Å². The van der Waals surface area contributed by atoms with E-state index in [1.54, 1.807) is 0 Å². The number of anilines is 3. The smallest absolute Gasteiger partial charge is 0.154 e. The molecule has 9 rings (SSSR count). The summed E-state index contributed by atoms with van der Waals surface area (Å²) in [6, 6.07) is 61.2. The SMILES string of the molecule is Cc1c(/C(=C\CNc2ccccc2-c2ccccc2)N(c2ccc(-c3ccccc3)cc2)c2ccc3oc4ccccc4c3c2)oc2ccccc12. The Labute approximate surface area is 302 Å². The number of nitrogens with zero attached hydrogens (tertiary/aromatic N) is 1. The fourth-order valence-corrected chi connectivity index (χ4v) is 7.18. The number of nitrogens with one attached hydrogen (secondary N) is 1. The first-order valence-corrected chi connectivity index (χ1v) is 17.7. The van der Waals surface area contributed by atoms with E-state index >= 15 is 0 Å². The van der Waals surface area contributed by atoms with Crippen LogP contribution in [-0.4, -0.2) is 6.54 Å². The fourth-order valence-electron chi connectivity index (χ4n) is 7.18. The average Bonchev–Trinajstić information content (AvgIpc) is 3.75. The molecule has 2 heterocycles. The first-order chi connectivity index (χ1) is 25.7. The lowest BCUT2D eigenvalue weighted by atomic mass is 10.0. The van der Waals surface area contributed by atoms with Crippen molar-refractivity contribution >= 4 is 55.7 Å². The Hall–Kier alpha value is -6.78. The van der Waals surface area contributed by atoms with E-state index < -0.39 is 0 Å². The van der Waals surface area contributed by atoms with Crippen LogP contribution in [0.5, 0.6) is 0 Å². The molecular formula is C48H36N2O2. The predicted octanol–water partition coefficient (Wildman–Crippen LogP) is 13.3. The molecule has 0 unspecified atom stereocenters. The highest BCUT2D eigenvalue weighted by atomic mass is 16.3. The van der Waals surface area contributed by atoms with Gasteiger partial charge in [-0.05, 0) is 78.2 Å².